The largest absolute Gasteiger partial charge is 0.276 e. The van der Waals surface area contributed by atoms with E-state index in [-0.39, 0.29) is 0 Å². The highest BCUT2D eigenvalue weighted by atomic mass is 35.5. The van der Waals surface area contributed by atoms with Gasteiger partial charge in [0.1, 0.15) is 0 Å². The van der Waals surface area contributed by atoms with Crippen LogP contribution in [0.2, 0.25) is 0 Å². The van der Waals surface area contributed by atoms with E-state index in [0.29, 0.717) is 0 Å². The van der Waals surface area contributed by atoms with E-state index < -0.39 is 5.24 Å². The molecule has 0 fully saturated rings. The molecule has 0 N–H and O–H groups in total. The number of hydrogen-bond donors (Lipinski definition) is 0. The minimum absolute atomic E-state index is 0.482. The van der Waals surface area contributed by atoms with E-state index in [1.165, 1.54) is 6.08 Å². The quantitative estimate of drug-likeness (QED) is 0.396. The normalized spacial score (nSPS) is 11.4. The van der Waals surface area contributed by atoms with Crippen LogP contribution in [0.3, 0.4) is 0 Å². The summed E-state index contributed by atoms with van der Waals surface area (Å²) >= 11 is 5.39. The summed E-state index contributed by atoms with van der Waals surface area (Å²) in [7, 11) is 0. The van der Waals surface area contributed by atoms with Crippen LogP contribution >= 0.6 is 11.6 Å². The van der Waals surface area contributed by atoms with Crippen molar-refractivity contribution in [3.63, 3.8) is 0 Å². The Balaban J connectivity index is 2.42. The number of rotatable bonds is 2. The standard InChI is InChI=1S/C16H10ClNO/c17-16(19)10-9-11-12-5-1-3-7-14(12)18-15-8-4-2-6-13(11)15/h1-10H/b10-9+. The van der Waals surface area contributed by atoms with E-state index in [0.717, 1.165) is 27.4 Å². The fraction of sp³-hybridized carbons (Fsp3) is 0. The molecule has 3 aromatic rings. The molecule has 0 bridgehead atoms. The summed E-state index contributed by atoms with van der Waals surface area (Å²) in [6, 6.07) is 15.7. The van der Waals surface area contributed by atoms with Gasteiger partial charge in [-0.25, -0.2) is 4.98 Å². The first-order chi connectivity index (χ1) is 9.25. The maximum absolute atomic E-state index is 11.0. The number of carbonyl (C=O) groups is 1. The third-order valence-electron chi connectivity index (χ3n) is 3.01. The van der Waals surface area contributed by atoms with Crippen LogP contribution in [-0.4, -0.2) is 10.2 Å². The molecular formula is C16H10ClNO. The SMILES string of the molecule is O=C(Cl)/C=C/c1c2ccccc2nc2ccccc12. The van der Waals surface area contributed by atoms with Gasteiger partial charge in [0.05, 0.1) is 11.0 Å². The zero-order valence-electron chi connectivity index (χ0n) is 10.0. The van der Waals surface area contributed by atoms with Crippen molar-refractivity contribution in [1.29, 1.82) is 0 Å². The van der Waals surface area contributed by atoms with Gasteiger partial charge in [-0.15, -0.1) is 0 Å². The summed E-state index contributed by atoms with van der Waals surface area (Å²) < 4.78 is 0. The lowest BCUT2D eigenvalue weighted by Gasteiger charge is -2.06. The molecule has 3 rings (SSSR count). The Bertz CT molecular complexity index is 754. The van der Waals surface area contributed by atoms with E-state index >= 15 is 0 Å². The van der Waals surface area contributed by atoms with Crippen molar-refractivity contribution < 1.29 is 4.79 Å². The monoisotopic (exact) mass is 267 g/mol. The van der Waals surface area contributed by atoms with E-state index in [2.05, 4.69) is 4.98 Å². The third kappa shape index (κ3) is 2.23. The second-order valence-electron chi connectivity index (χ2n) is 4.20. The van der Waals surface area contributed by atoms with Crippen LogP contribution in [0.25, 0.3) is 27.9 Å². The van der Waals surface area contributed by atoms with Crippen molar-refractivity contribution in [2.75, 3.05) is 0 Å². The van der Waals surface area contributed by atoms with Crippen LogP contribution < -0.4 is 0 Å². The topological polar surface area (TPSA) is 30.0 Å². The smallest absolute Gasteiger partial charge is 0.245 e. The van der Waals surface area contributed by atoms with Gasteiger partial charge in [-0.3, -0.25) is 4.79 Å². The highest BCUT2D eigenvalue weighted by Gasteiger charge is 2.06. The molecule has 1 heterocycles. The van der Waals surface area contributed by atoms with Crippen molar-refractivity contribution in [2.24, 2.45) is 0 Å². The molecule has 0 spiro atoms. The fourth-order valence-electron chi connectivity index (χ4n) is 2.20. The van der Waals surface area contributed by atoms with Gasteiger partial charge in [0, 0.05) is 10.8 Å². The zero-order valence-corrected chi connectivity index (χ0v) is 10.8. The Hall–Kier alpha value is -2.19. The van der Waals surface area contributed by atoms with Gasteiger partial charge in [-0.1, -0.05) is 36.4 Å². The van der Waals surface area contributed by atoms with Gasteiger partial charge in [-0.2, -0.15) is 0 Å². The predicted octanol–water partition coefficient (Wildman–Crippen LogP) is 4.17. The van der Waals surface area contributed by atoms with Gasteiger partial charge >= 0.3 is 0 Å². The molecule has 3 heteroatoms. The lowest BCUT2D eigenvalue weighted by molar-refractivity contribution is -0.107. The number of benzene rings is 2. The van der Waals surface area contributed by atoms with E-state index in [4.69, 9.17) is 11.6 Å². The Kier molecular flexibility index (Phi) is 3.02. The molecule has 2 nitrogen and oxygen atoms in total. The number of aromatic nitrogens is 1. The molecule has 1 aromatic heterocycles. The fourth-order valence-corrected chi connectivity index (χ4v) is 2.26. The maximum Gasteiger partial charge on any atom is 0.245 e. The first-order valence-corrected chi connectivity index (χ1v) is 6.28. The molecule has 0 aliphatic carbocycles. The van der Waals surface area contributed by atoms with Gasteiger partial charge in [0.15, 0.2) is 0 Å². The highest BCUT2D eigenvalue weighted by Crippen LogP contribution is 2.26. The van der Waals surface area contributed by atoms with E-state index in [1.807, 2.05) is 48.5 Å². The molecule has 0 aliphatic heterocycles. The molecule has 0 atom stereocenters. The molecule has 19 heavy (non-hydrogen) atoms. The number of nitrogens with zero attached hydrogens (tertiary/aromatic N) is 1. The van der Waals surface area contributed by atoms with Crippen molar-refractivity contribution in [1.82, 2.24) is 4.98 Å². The Labute approximate surface area is 115 Å². The second-order valence-corrected chi connectivity index (χ2v) is 4.57. The van der Waals surface area contributed by atoms with Crippen LogP contribution in [-0.2, 0) is 4.79 Å². The average Bonchev–Trinajstić information content (AvgIpc) is 2.43. The van der Waals surface area contributed by atoms with E-state index in [1.54, 1.807) is 6.08 Å². The lowest BCUT2D eigenvalue weighted by atomic mass is 10.0. The third-order valence-corrected chi connectivity index (χ3v) is 3.14. The molecule has 0 aliphatic rings. The van der Waals surface area contributed by atoms with Gasteiger partial charge in [-0.05, 0) is 41.4 Å². The minimum atomic E-state index is -0.482. The highest BCUT2D eigenvalue weighted by molar-refractivity contribution is 6.66. The van der Waals surface area contributed by atoms with Crippen molar-refractivity contribution >= 4 is 44.7 Å². The second kappa shape index (κ2) is 4.82. The molecule has 2 aromatic carbocycles. The molecule has 0 saturated carbocycles. The predicted molar refractivity (Wildman–Crippen MR) is 79.1 cm³/mol. The number of para-hydroxylation sites is 2. The summed E-state index contributed by atoms with van der Waals surface area (Å²) in [5.74, 6) is 0. The molecule has 0 unspecified atom stereocenters. The van der Waals surface area contributed by atoms with Crippen molar-refractivity contribution in [3.8, 4) is 0 Å². The van der Waals surface area contributed by atoms with Crippen LogP contribution in [0.4, 0.5) is 0 Å². The van der Waals surface area contributed by atoms with Crippen LogP contribution in [0.1, 0.15) is 5.56 Å². The van der Waals surface area contributed by atoms with Gasteiger partial charge in [0.25, 0.3) is 0 Å². The average molecular weight is 268 g/mol. The molecule has 92 valence electrons. The molecular weight excluding hydrogens is 258 g/mol. The zero-order chi connectivity index (χ0) is 13.2. The Morgan fingerprint density at radius 2 is 1.47 bits per heavy atom. The molecule has 0 amide bonds. The number of carbonyl (C=O) groups excluding carboxylic acids is 1. The summed E-state index contributed by atoms with van der Waals surface area (Å²) in [6.07, 6.45) is 3.12. The van der Waals surface area contributed by atoms with Crippen LogP contribution in [0, 0.1) is 0 Å². The summed E-state index contributed by atoms with van der Waals surface area (Å²) in [6.45, 7) is 0. The molecule has 0 radical (unpaired) electrons. The molecule has 0 saturated heterocycles. The van der Waals surface area contributed by atoms with Crippen LogP contribution in [0.15, 0.2) is 54.6 Å². The van der Waals surface area contributed by atoms with Gasteiger partial charge in [0.2, 0.25) is 5.24 Å². The number of allylic oxidation sites excluding steroid dienone is 1. The number of fused-ring (bicyclic) bond motifs is 2. The number of hydrogen-bond acceptors (Lipinski definition) is 2. The summed E-state index contributed by atoms with van der Waals surface area (Å²) in [5, 5.41) is 1.54. The number of pyridine rings is 1. The Morgan fingerprint density at radius 1 is 0.947 bits per heavy atom. The summed E-state index contributed by atoms with van der Waals surface area (Å²) in [4.78, 5) is 15.6. The summed E-state index contributed by atoms with van der Waals surface area (Å²) in [5.41, 5.74) is 2.78. The van der Waals surface area contributed by atoms with Gasteiger partial charge < -0.3 is 0 Å². The van der Waals surface area contributed by atoms with E-state index in [9.17, 15) is 4.79 Å². The van der Waals surface area contributed by atoms with Crippen molar-refractivity contribution in [2.45, 2.75) is 0 Å². The minimum Gasteiger partial charge on any atom is -0.276 e. The maximum atomic E-state index is 11.0. The van der Waals surface area contributed by atoms with Crippen LogP contribution in [0.5, 0.6) is 0 Å². The lowest BCUT2D eigenvalue weighted by Crippen LogP contribution is -1.88. The number of halogens is 1. The van der Waals surface area contributed by atoms with Crippen molar-refractivity contribution in [3.05, 3.63) is 60.2 Å². The first kappa shape index (κ1) is 11.9. The first-order valence-electron chi connectivity index (χ1n) is 5.91. The Morgan fingerprint density at radius 3 is 2.00 bits per heavy atom.